The first-order valence-corrected chi connectivity index (χ1v) is 9.92. The van der Waals surface area contributed by atoms with Crippen molar-refractivity contribution < 1.29 is 4.79 Å². The van der Waals surface area contributed by atoms with E-state index in [1.807, 2.05) is 12.3 Å². The Labute approximate surface area is 189 Å². The fourth-order valence-corrected chi connectivity index (χ4v) is 3.54. The molecule has 2 aromatic rings. The average molecular weight is 513 g/mol. The van der Waals surface area contributed by atoms with Gasteiger partial charge in [-0.3, -0.25) is 14.7 Å². The predicted octanol–water partition coefficient (Wildman–Crippen LogP) is 1.18. The van der Waals surface area contributed by atoms with Crippen molar-refractivity contribution in [3.8, 4) is 0 Å². The predicted molar refractivity (Wildman–Crippen MR) is 127 cm³/mol. The topological polar surface area (TPSA) is 86.1 Å². The SMILES string of the molecule is CN=C(NCCc1cn2cccc(C)c2n1)NC1CCN(CC(=O)NC)CC1.I. The van der Waals surface area contributed by atoms with Crippen molar-refractivity contribution in [1.29, 1.82) is 0 Å². The monoisotopic (exact) mass is 513 g/mol. The van der Waals surface area contributed by atoms with E-state index in [0.29, 0.717) is 12.6 Å². The van der Waals surface area contributed by atoms with Crippen LogP contribution >= 0.6 is 24.0 Å². The average Bonchev–Trinajstić information content (AvgIpc) is 3.13. The summed E-state index contributed by atoms with van der Waals surface area (Å²) in [5.41, 5.74) is 3.27. The summed E-state index contributed by atoms with van der Waals surface area (Å²) in [6, 6.07) is 4.50. The Morgan fingerprint density at radius 2 is 2.10 bits per heavy atom. The van der Waals surface area contributed by atoms with Gasteiger partial charge in [-0.05, 0) is 31.4 Å². The number of guanidine groups is 1. The Morgan fingerprint density at radius 3 is 2.76 bits per heavy atom. The van der Waals surface area contributed by atoms with Gasteiger partial charge >= 0.3 is 0 Å². The van der Waals surface area contributed by atoms with Gasteiger partial charge in [0, 0.05) is 58.6 Å². The normalized spacial score (nSPS) is 15.8. The first-order valence-electron chi connectivity index (χ1n) is 9.92. The molecule has 1 aliphatic rings. The number of imidazole rings is 1. The lowest BCUT2D eigenvalue weighted by atomic mass is 10.1. The lowest BCUT2D eigenvalue weighted by Gasteiger charge is -2.32. The van der Waals surface area contributed by atoms with E-state index in [4.69, 9.17) is 4.98 Å². The minimum atomic E-state index is 0. The molecule has 0 saturated carbocycles. The van der Waals surface area contributed by atoms with Crippen LogP contribution in [0.15, 0.2) is 29.5 Å². The lowest BCUT2D eigenvalue weighted by molar-refractivity contribution is -0.122. The highest BCUT2D eigenvalue weighted by molar-refractivity contribution is 14.0. The Balaban J connectivity index is 0.00000300. The molecule has 0 radical (unpaired) electrons. The van der Waals surface area contributed by atoms with Gasteiger partial charge in [0.05, 0.1) is 12.2 Å². The van der Waals surface area contributed by atoms with Gasteiger partial charge in [0.25, 0.3) is 0 Å². The maximum absolute atomic E-state index is 11.5. The molecule has 29 heavy (non-hydrogen) atoms. The third kappa shape index (κ3) is 6.56. The van der Waals surface area contributed by atoms with Crippen LogP contribution in [0.4, 0.5) is 0 Å². The fourth-order valence-electron chi connectivity index (χ4n) is 3.54. The first-order chi connectivity index (χ1) is 13.6. The zero-order chi connectivity index (χ0) is 19.9. The molecule has 3 rings (SSSR count). The van der Waals surface area contributed by atoms with Crippen molar-refractivity contribution in [2.45, 2.75) is 32.2 Å². The number of fused-ring (bicyclic) bond motifs is 1. The standard InChI is InChI=1S/C20H31N7O.HI/c1-15-5-4-10-27-13-17(24-19(15)27)6-9-23-20(22-3)25-16-7-11-26(12-8-16)14-18(28)21-2;/h4-5,10,13,16H,6-9,11-12,14H2,1-3H3,(H,21,28)(H2,22,23,25);1H. The second kappa shape index (κ2) is 11.3. The lowest BCUT2D eigenvalue weighted by Crippen LogP contribution is -2.50. The summed E-state index contributed by atoms with van der Waals surface area (Å²) in [4.78, 5) is 22.7. The van der Waals surface area contributed by atoms with Crippen LogP contribution in [0.5, 0.6) is 0 Å². The number of aromatic nitrogens is 2. The molecular weight excluding hydrogens is 481 g/mol. The number of hydrogen-bond donors (Lipinski definition) is 3. The van der Waals surface area contributed by atoms with Gasteiger partial charge in [0.1, 0.15) is 5.65 Å². The molecule has 0 bridgehead atoms. The minimum Gasteiger partial charge on any atom is -0.358 e. The highest BCUT2D eigenvalue weighted by Crippen LogP contribution is 2.11. The number of halogens is 1. The van der Waals surface area contributed by atoms with Gasteiger partial charge in [-0.1, -0.05) is 6.07 Å². The van der Waals surface area contributed by atoms with Gasteiger partial charge in [-0.25, -0.2) is 4.98 Å². The van der Waals surface area contributed by atoms with Crippen molar-refractivity contribution in [3.05, 3.63) is 35.8 Å². The van der Waals surface area contributed by atoms with Crippen LogP contribution in [0.1, 0.15) is 24.1 Å². The number of rotatable bonds is 6. The van der Waals surface area contributed by atoms with Crippen molar-refractivity contribution in [1.82, 2.24) is 30.2 Å². The molecule has 0 unspecified atom stereocenters. The van der Waals surface area contributed by atoms with Gasteiger partial charge in [-0.2, -0.15) is 0 Å². The molecule has 160 valence electrons. The summed E-state index contributed by atoms with van der Waals surface area (Å²) in [6.45, 7) is 5.17. The summed E-state index contributed by atoms with van der Waals surface area (Å²) in [5, 5.41) is 9.57. The van der Waals surface area contributed by atoms with Crippen LogP contribution in [0.2, 0.25) is 0 Å². The molecule has 3 N–H and O–H groups in total. The largest absolute Gasteiger partial charge is 0.358 e. The molecule has 1 aliphatic heterocycles. The number of aliphatic imine (C=N–C) groups is 1. The maximum Gasteiger partial charge on any atom is 0.233 e. The number of nitrogens with one attached hydrogen (secondary N) is 3. The summed E-state index contributed by atoms with van der Waals surface area (Å²) < 4.78 is 2.07. The minimum absolute atomic E-state index is 0. The van der Waals surface area contributed by atoms with Crippen LogP contribution in [0, 0.1) is 6.92 Å². The van der Waals surface area contributed by atoms with Gasteiger partial charge < -0.3 is 20.4 Å². The zero-order valence-electron chi connectivity index (χ0n) is 17.4. The number of carbonyl (C=O) groups excluding carboxylic acids is 1. The fraction of sp³-hybridized carbons (Fsp3) is 0.550. The van der Waals surface area contributed by atoms with E-state index in [2.05, 4.69) is 49.4 Å². The molecule has 0 atom stereocenters. The van der Waals surface area contributed by atoms with Crippen LogP contribution in [-0.4, -0.2) is 72.5 Å². The van der Waals surface area contributed by atoms with Crippen molar-refractivity contribution in [2.75, 3.05) is 40.3 Å². The third-order valence-electron chi connectivity index (χ3n) is 5.20. The number of amides is 1. The third-order valence-corrected chi connectivity index (χ3v) is 5.20. The van der Waals surface area contributed by atoms with Crippen molar-refractivity contribution in [3.63, 3.8) is 0 Å². The number of likely N-dealkylation sites (N-methyl/N-ethyl adjacent to an activating group) is 1. The van der Waals surface area contributed by atoms with Crippen molar-refractivity contribution in [2.24, 2.45) is 4.99 Å². The van der Waals surface area contributed by atoms with Crippen molar-refractivity contribution >= 4 is 41.5 Å². The Bertz CT molecular complexity index is 827. The number of likely N-dealkylation sites (tertiary alicyclic amines) is 1. The molecule has 8 nitrogen and oxygen atoms in total. The molecule has 0 aliphatic carbocycles. The molecule has 3 heterocycles. The molecular formula is C20H32IN7O. The number of carbonyl (C=O) groups is 1. The van der Waals surface area contributed by atoms with Crippen LogP contribution in [0.3, 0.4) is 0 Å². The second-order valence-corrected chi connectivity index (χ2v) is 7.27. The van der Waals surface area contributed by atoms with E-state index >= 15 is 0 Å². The van der Waals surface area contributed by atoms with E-state index in [0.717, 1.165) is 56.2 Å². The Morgan fingerprint density at radius 1 is 1.34 bits per heavy atom. The van der Waals surface area contributed by atoms with E-state index in [-0.39, 0.29) is 29.9 Å². The molecule has 1 fully saturated rings. The highest BCUT2D eigenvalue weighted by atomic mass is 127. The zero-order valence-corrected chi connectivity index (χ0v) is 19.8. The molecule has 1 saturated heterocycles. The van der Waals surface area contributed by atoms with E-state index in [1.54, 1.807) is 14.1 Å². The number of aryl methyl sites for hydroxylation is 1. The summed E-state index contributed by atoms with van der Waals surface area (Å²) in [5.74, 6) is 0.899. The molecule has 1 amide bonds. The van der Waals surface area contributed by atoms with Gasteiger partial charge in [0.2, 0.25) is 5.91 Å². The second-order valence-electron chi connectivity index (χ2n) is 7.27. The number of piperidine rings is 1. The Hall–Kier alpha value is -1.88. The van der Waals surface area contributed by atoms with E-state index in [1.165, 1.54) is 5.56 Å². The maximum atomic E-state index is 11.5. The smallest absolute Gasteiger partial charge is 0.233 e. The molecule has 2 aromatic heterocycles. The number of pyridine rings is 1. The number of nitrogens with zero attached hydrogens (tertiary/aromatic N) is 4. The number of hydrogen-bond acceptors (Lipinski definition) is 4. The molecule has 0 aromatic carbocycles. The summed E-state index contributed by atoms with van der Waals surface area (Å²) in [7, 11) is 3.48. The van der Waals surface area contributed by atoms with Crippen LogP contribution in [0.25, 0.3) is 5.65 Å². The highest BCUT2D eigenvalue weighted by Gasteiger charge is 2.21. The molecule has 0 spiro atoms. The summed E-state index contributed by atoms with van der Waals surface area (Å²) >= 11 is 0. The van der Waals surface area contributed by atoms with Gasteiger partial charge in [-0.15, -0.1) is 24.0 Å². The van der Waals surface area contributed by atoms with E-state index in [9.17, 15) is 4.79 Å². The summed E-state index contributed by atoms with van der Waals surface area (Å²) in [6.07, 6.45) is 6.96. The van der Waals surface area contributed by atoms with E-state index < -0.39 is 0 Å². The van der Waals surface area contributed by atoms with Crippen LogP contribution < -0.4 is 16.0 Å². The first kappa shape index (κ1) is 23.4. The quantitative estimate of drug-likeness (QED) is 0.307. The molecule has 9 heteroatoms. The van der Waals surface area contributed by atoms with Crippen LogP contribution in [-0.2, 0) is 11.2 Å². The van der Waals surface area contributed by atoms with Gasteiger partial charge in [0.15, 0.2) is 5.96 Å². The Kier molecular flexibility index (Phi) is 9.15.